The minimum atomic E-state index is -0.423. The van der Waals surface area contributed by atoms with Crippen LogP contribution < -0.4 is 20.3 Å². The molecule has 3 aromatic rings. The van der Waals surface area contributed by atoms with Crippen molar-refractivity contribution < 1.29 is 23.6 Å². The summed E-state index contributed by atoms with van der Waals surface area (Å²) in [6.45, 7) is 0.187. The summed E-state index contributed by atoms with van der Waals surface area (Å²) in [6, 6.07) is 22.1. The highest BCUT2D eigenvalue weighted by molar-refractivity contribution is 5.93. The van der Waals surface area contributed by atoms with Gasteiger partial charge in [-0.1, -0.05) is 24.3 Å². The van der Waals surface area contributed by atoms with Gasteiger partial charge in [-0.3, -0.25) is 9.59 Å². The predicted molar refractivity (Wildman–Crippen MR) is 113 cm³/mol. The fourth-order valence-corrected chi connectivity index (χ4v) is 2.82. The number of halogens is 1. The monoisotopic (exact) mass is 408 g/mol. The maximum absolute atomic E-state index is 13.2. The van der Waals surface area contributed by atoms with Crippen molar-refractivity contribution in [2.45, 2.75) is 0 Å². The molecule has 0 spiro atoms. The Labute approximate surface area is 174 Å². The lowest BCUT2D eigenvalue weighted by atomic mass is 10.3. The van der Waals surface area contributed by atoms with Crippen LogP contribution >= 0.6 is 0 Å². The Kier molecular flexibility index (Phi) is 7.13. The Morgan fingerprint density at radius 3 is 2.03 bits per heavy atom. The fraction of sp³-hybridized carbons (Fsp3) is 0.130. The van der Waals surface area contributed by atoms with Crippen LogP contribution in [-0.2, 0) is 9.59 Å². The molecule has 3 rings (SSSR count). The standard InChI is InChI=1S/C23H22FN3O3/c1-27(16-23(29)26-19-7-5-6-17(24)14-19)15-22(28)25-18-10-12-21(13-11-18)30-20-8-3-2-4-9-20/h2-14H,15-16H2,1H3,(H,25,28)(H,26,29)/p+1. The minimum absolute atomic E-state index is 0.0772. The number of ether oxygens (including phenoxy) is 1. The average Bonchev–Trinajstić information content (AvgIpc) is 2.70. The third-order valence-corrected chi connectivity index (χ3v) is 4.15. The van der Waals surface area contributed by atoms with E-state index in [-0.39, 0.29) is 24.9 Å². The van der Waals surface area contributed by atoms with Gasteiger partial charge in [0.2, 0.25) is 0 Å². The second-order valence-corrected chi connectivity index (χ2v) is 6.86. The predicted octanol–water partition coefficient (Wildman–Crippen LogP) is 2.71. The van der Waals surface area contributed by atoms with E-state index in [4.69, 9.17) is 4.74 Å². The molecule has 1 unspecified atom stereocenters. The Bertz CT molecular complexity index is 994. The van der Waals surface area contributed by atoms with Gasteiger partial charge >= 0.3 is 0 Å². The molecule has 30 heavy (non-hydrogen) atoms. The highest BCUT2D eigenvalue weighted by Crippen LogP contribution is 2.22. The number of quaternary nitrogens is 1. The van der Waals surface area contributed by atoms with Crippen molar-refractivity contribution in [2.24, 2.45) is 0 Å². The summed E-state index contributed by atoms with van der Waals surface area (Å²) in [7, 11) is 1.74. The van der Waals surface area contributed by atoms with Crippen LogP contribution in [0.3, 0.4) is 0 Å². The van der Waals surface area contributed by atoms with E-state index in [9.17, 15) is 14.0 Å². The zero-order valence-electron chi connectivity index (χ0n) is 16.5. The number of nitrogens with one attached hydrogen (secondary N) is 3. The first-order chi connectivity index (χ1) is 14.5. The number of carbonyl (C=O) groups excluding carboxylic acids is 2. The molecule has 6 nitrogen and oxygen atoms in total. The Balaban J connectivity index is 1.44. The quantitative estimate of drug-likeness (QED) is 0.537. The zero-order valence-corrected chi connectivity index (χ0v) is 16.5. The third-order valence-electron chi connectivity index (χ3n) is 4.15. The average molecular weight is 408 g/mol. The van der Waals surface area contributed by atoms with Crippen molar-refractivity contribution in [3.8, 4) is 11.5 Å². The molecule has 3 aromatic carbocycles. The van der Waals surface area contributed by atoms with Crippen LogP contribution in [0.4, 0.5) is 15.8 Å². The van der Waals surface area contributed by atoms with E-state index in [1.807, 2.05) is 30.3 Å². The van der Waals surface area contributed by atoms with Crippen molar-refractivity contribution >= 4 is 23.2 Å². The molecular weight excluding hydrogens is 385 g/mol. The van der Waals surface area contributed by atoms with E-state index in [2.05, 4.69) is 10.6 Å². The molecule has 0 radical (unpaired) electrons. The molecule has 0 fully saturated rings. The smallest absolute Gasteiger partial charge is 0.279 e. The van der Waals surface area contributed by atoms with Crippen molar-refractivity contribution in [3.05, 3.63) is 84.7 Å². The van der Waals surface area contributed by atoms with Crippen LogP contribution in [0.25, 0.3) is 0 Å². The third kappa shape index (κ3) is 6.72. The molecule has 2 amide bonds. The van der Waals surface area contributed by atoms with Gasteiger partial charge in [-0.05, 0) is 54.6 Å². The molecule has 0 saturated heterocycles. The lowest BCUT2D eigenvalue weighted by Crippen LogP contribution is -3.11. The van der Waals surface area contributed by atoms with E-state index in [1.54, 1.807) is 37.4 Å². The molecule has 0 aliphatic rings. The minimum Gasteiger partial charge on any atom is -0.457 e. The first kappa shape index (κ1) is 21.0. The normalized spacial score (nSPS) is 11.4. The molecule has 154 valence electrons. The van der Waals surface area contributed by atoms with Gasteiger partial charge in [0.15, 0.2) is 13.1 Å². The summed E-state index contributed by atoms with van der Waals surface area (Å²) < 4.78 is 18.9. The van der Waals surface area contributed by atoms with E-state index in [0.29, 0.717) is 22.0 Å². The maximum atomic E-state index is 13.2. The van der Waals surface area contributed by atoms with Gasteiger partial charge in [0.1, 0.15) is 17.3 Å². The van der Waals surface area contributed by atoms with E-state index < -0.39 is 5.82 Å². The van der Waals surface area contributed by atoms with E-state index >= 15 is 0 Å². The number of likely N-dealkylation sites (N-methyl/N-ethyl adjacent to an activating group) is 1. The van der Waals surface area contributed by atoms with Crippen LogP contribution in [0.5, 0.6) is 11.5 Å². The van der Waals surface area contributed by atoms with Crippen molar-refractivity contribution in [1.82, 2.24) is 0 Å². The molecule has 0 bridgehead atoms. The summed E-state index contributed by atoms with van der Waals surface area (Å²) in [6.07, 6.45) is 0. The van der Waals surface area contributed by atoms with E-state index in [0.717, 1.165) is 5.75 Å². The second-order valence-electron chi connectivity index (χ2n) is 6.86. The summed E-state index contributed by atoms with van der Waals surface area (Å²) in [5.74, 6) is 0.455. The van der Waals surface area contributed by atoms with Crippen LogP contribution in [0.1, 0.15) is 0 Å². The van der Waals surface area contributed by atoms with Gasteiger partial charge in [-0.15, -0.1) is 0 Å². The number of amides is 2. The number of rotatable bonds is 8. The lowest BCUT2D eigenvalue weighted by Gasteiger charge is -2.14. The molecule has 0 aromatic heterocycles. The van der Waals surface area contributed by atoms with Gasteiger partial charge in [0, 0.05) is 11.4 Å². The highest BCUT2D eigenvalue weighted by Gasteiger charge is 2.15. The fourth-order valence-electron chi connectivity index (χ4n) is 2.82. The molecule has 1 atom stereocenters. The van der Waals surface area contributed by atoms with Crippen LogP contribution in [0, 0.1) is 5.82 Å². The lowest BCUT2D eigenvalue weighted by molar-refractivity contribution is -0.862. The number of benzene rings is 3. The summed E-state index contributed by atoms with van der Waals surface area (Å²) in [4.78, 5) is 25.0. The second kappa shape index (κ2) is 10.2. The molecule has 3 N–H and O–H groups in total. The first-order valence-corrected chi connectivity index (χ1v) is 9.47. The molecule has 7 heteroatoms. The van der Waals surface area contributed by atoms with E-state index in [1.165, 1.54) is 18.2 Å². The highest BCUT2D eigenvalue weighted by atomic mass is 19.1. The SMILES string of the molecule is C[NH+](CC(=O)Nc1ccc(Oc2ccccc2)cc1)CC(=O)Nc1cccc(F)c1. The zero-order chi connectivity index (χ0) is 21.3. The van der Waals surface area contributed by atoms with Gasteiger partial charge in [0.25, 0.3) is 11.8 Å². The van der Waals surface area contributed by atoms with Crippen molar-refractivity contribution in [3.63, 3.8) is 0 Å². The number of hydrogen-bond donors (Lipinski definition) is 3. The summed E-state index contributed by atoms with van der Waals surface area (Å²) in [5.41, 5.74) is 1.02. The van der Waals surface area contributed by atoms with Crippen molar-refractivity contribution in [1.29, 1.82) is 0 Å². The Morgan fingerprint density at radius 1 is 0.800 bits per heavy atom. The van der Waals surface area contributed by atoms with Gasteiger partial charge in [-0.25, -0.2) is 4.39 Å². The molecular formula is C23H23FN3O3+. The molecule has 0 aliphatic heterocycles. The largest absolute Gasteiger partial charge is 0.457 e. The number of anilines is 2. The first-order valence-electron chi connectivity index (χ1n) is 9.47. The van der Waals surface area contributed by atoms with Crippen LogP contribution in [0.15, 0.2) is 78.9 Å². The summed E-state index contributed by atoms with van der Waals surface area (Å²) in [5, 5.41) is 5.42. The van der Waals surface area contributed by atoms with Crippen LogP contribution in [0.2, 0.25) is 0 Å². The Morgan fingerprint density at radius 2 is 1.40 bits per heavy atom. The van der Waals surface area contributed by atoms with Gasteiger partial charge in [-0.2, -0.15) is 0 Å². The van der Waals surface area contributed by atoms with Gasteiger partial charge in [0.05, 0.1) is 7.05 Å². The number of hydrogen-bond acceptors (Lipinski definition) is 3. The topological polar surface area (TPSA) is 71.9 Å². The number of carbonyl (C=O) groups is 2. The van der Waals surface area contributed by atoms with Crippen molar-refractivity contribution in [2.75, 3.05) is 30.8 Å². The summed E-state index contributed by atoms with van der Waals surface area (Å²) >= 11 is 0. The maximum Gasteiger partial charge on any atom is 0.279 e. The van der Waals surface area contributed by atoms with Crippen LogP contribution in [-0.4, -0.2) is 32.0 Å². The molecule has 0 saturated carbocycles. The molecule has 0 heterocycles. The molecule has 0 aliphatic carbocycles. The Hall–Kier alpha value is -3.71. The van der Waals surface area contributed by atoms with Gasteiger partial charge < -0.3 is 20.3 Å². The number of para-hydroxylation sites is 1.